The number of amides is 2. The van der Waals surface area contributed by atoms with Crippen molar-refractivity contribution in [3.05, 3.63) is 0 Å². The van der Waals surface area contributed by atoms with Gasteiger partial charge in [-0.25, -0.2) is 0 Å². The van der Waals surface area contributed by atoms with Gasteiger partial charge in [-0.05, 0) is 44.1 Å². The van der Waals surface area contributed by atoms with Crippen LogP contribution in [0, 0.1) is 17.8 Å². The summed E-state index contributed by atoms with van der Waals surface area (Å²) < 4.78 is 0. The maximum Gasteiger partial charge on any atom is 0.239 e. The number of nitrogens with two attached hydrogens (primary N) is 1. The Kier molecular flexibility index (Phi) is 6.99. The molecule has 0 heterocycles. The molecule has 1 fully saturated rings. The molecule has 0 atom stereocenters. The summed E-state index contributed by atoms with van der Waals surface area (Å²) in [6.45, 7) is 5.62. The van der Waals surface area contributed by atoms with Crippen molar-refractivity contribution >= 4 is 11.8 Å². The van der Waals surface area contributed by atoms with Gasteiger partial charge in [-0.2, -0.15) is 0 Å². The van der Waals surface area contributed by atoms with Crippen LogP contribution in [0.1, 0.15) is 39.5 Å². The van der Waals surface area contributed by atoms with Crippen LogP contribution in [0.15, 0.2) is 0 Å². The van der Waals surface area contributed by atoms with Crippen LogP contribution >= 0.6 is 0 Å². The van der Waals surface area contributed by atoms with E-state index in [1.54, 1.807) is 11.9 Å². The largest absolute Gasteiger partial charge is 0.354 e. The number of hydrogen-bond acceptors (Lipinski definition) is 3. The van der Waals surface area contributed by atoms with Crippen LogP contribution in [0.3, 0.4) is 0 Å². The molecule has 1 rings (SSSR count). The van der Waals surface area contributed by atoms with Crippen LogP contribution in [0.5, 0.6) is 0 Å². The topological polar surface area (TPSA) is 75.4 Å². The van der Waals surface area contributed by atoms with Crippen molar-refractivity contribution in [2.75, 3.05) is 26.7 Å². The summed E-state index contributed by atoms with van der Waals surface area (Å²) in [4.78, 5) is 25.6. The lowest BCUT2D eigenvalue weighted by molar-refractivity contribution is -0.139. The molecule has 20 heavy (non-hydrogen) atoms. The lowest BCUT2D eigenvalue weighted by Gasteiger charge is -2.29. The van der Waals surface area contributed by atoms with Crippen LogP contribution in [0.2, 0.25) is 0 Å². The fourth-order valence-electron chi connectivity index (χ4n) is 2.62. The molecule has 0 radical (unpaired) electrons. The first-order chi connectivity index (χ1) is 9.43. The summed E-state index contributed by atoms with van der Waals surface area (Å²) in [6, 6.07) is 0. The van der Waals surface area contributed by atoms with Crippen molar-refractivity contribution in [2.24, 2.45) is 23.5 Å². The first-order valence-electron chi connectivity index (χ1n) is 7.65. The molecule has 116 valence electrons. The average Bonchev–Trinajstić information content (AvgIpc) is 2.44. The molecule has 1 aliphatic carbocycles. The van der Waals surface area contributed by atoms with E-state index in [1.807, 2.05) is 13.8 Å². The van der Waals surface area contributed by atoms with Gasteiger partial charge in [-0.1, -0.05) is 13.8 Å². The fraction of sp³-hybridized carbons (Fsp3) is 0.867. The first-order valence-corrected chi connectivity index (χ1v) is 7.65. The number of rotatable bonds is 6. The third-order valence-corrected chi connectivity index (χ3v) is 3.99. The average molecular weight is 283 g/mol. The molecule has 3 N–H and O–H groups in total. The Bertz CT molecular complexity index is 323. The van der Waals surface area contributed by atoms with E-state index in [0.29, 0.717) is 24.9 Å². The number of nitrogens with one attached hydrogen (secondary N) is 1. The molecule has 1 saturated carbocycles. The number of nitrogens with zero attached hydrogens (tertiary/aromatic N) is 1. The monoisotopic (exact) mass is 283 g/mol. The van der Waals surface area contributed by atoms with Gasteiger partial charge in [0, 0.05) is 19.5 Å². The minimum atomic E-state index is -0.0785. The van der Waals surface area contributed by atoms with Gasteiger partial charge in [0.05, 0.1) is 6.54 Å². The van der Waals surface area contributed by atoms with Gasteiger partial charge >= 0.3 is 0 Å². The zero-order chi connectivity index (χ0) is 15.1. The molecule has 0 spiro atoms. The van der Waals surface area contributed by atoms with E-state index in [1.165, 1.54) is 0 Å². The maximum atomic E-state index is 12.3. The lowest BCUT2D eigenvalue weighted by atomic mass is 9.81. The highest BCUT2D eigenvalue weighted by atomic mass is 16.2. The molecular weight excluding hydrogens is 254 g/mol. The summed E-state index contributed by atoms with van der Waals surface area (Å²) in [6.07, 6.45) is 3.86. The highest BCUT2D eigenvalue weighted by Crippen LogP contribution is 2.29. The molecule has 0 aromatic heterocycles. The standard InChI is InChI=1S/C15H29N3O2/c1-11(2)9-17-14(19)10-18(3)15(20)13-6-4-12(8-16)5-7-13/h11-13H,4-10,16H2,1-3H3,(H,17,19). The molecular formula is C15H29N3O2. The van der Waals surface area contributed by atoms with E-state index >= 15 is 0 Å². The minimum absolute atomic E-state index is 0.0701. The predicted octanol–water partition coefficient (Wildman–Crippen LogP) is 0.982. The van der Waals surface area contributed by atoms with Crippen molar-refractivity contribution < 1.29 is 9.59 Å². The van der Waals surface area contributed by atoms with Crippen molar-refractivity contribution in [3.8, 4) is 0 Å². The van der Waals surface area contributed by atoms with Gasteiger partial charge < -0.3 is 16.0 Å². The van der Waals surface area contributed by atoms with Gasteiger partial charge in [-0.3, -0.25) is 9.59 Å². The molecule has 0 bridgehead atoms. The summed E-state index contributed by atoms with van der Waals surface area (Å²) in [5, 5.41) is 2.84. The van der Waals surface area contributed by atoms with Crippen molar-refractivity contribution in [1.29, 1.82) is 0 Å². The van der Waals surface area contributed by atoms with Crippen molar-refractivity contribution in [2.45, 2.75) is 39.5 Å². The van der Waals surface area contributed by atoms with Gasteiger partial charge in [0.25, 0.3) is 0 Å². The molecule has 0 aliphatic heterocycles. The third kappa shape index (κ3) is 5.49. The maximum absolute atomic E-state index is 12.3. The lowest BCUT2D eigenvalue weighted by Crippen LogP contribution is -2.42. The van der Waals surface area contributed by atoms with Crippen LogP contribution in [-0.2, 0) is 9.59 Å². The van der Waals surface area contributed by atoms with Gasteiger partial charge in [-0.15, -0.1) is 0 Å². The van der Waals surface area contributed by atoms with Crippen LogP contribution in [-0.4, -0.2) is 43.4 Å². The van der Waals surface area contributed by atoms with Gasteiger partial charge in [0.15, 0.2) is 0 Å². The van der Waals surface area contributed by atoms with Crippen LogP contribution < -0.4 is 11.1 Å². The molecule has 1 aliphatic rings. The van der Waals surface area contributed by atoms with E-state index in [0.717, 1.165) is 25.7 Å². The van der Waals surface area contributed by atoms with E-state index in [-0.39, 0.29) is 24.3 Å². The summed E-state index contributed by atoms with van der Waals surface area (Å²) >= 11 is 0. The Morgan fingerprint density at radius 1 is 1.25 bits per heavy atom. The highest BCUT2D eigenvalue weighted by molar-refractivity contribution is 5.85. The van der Waals surface area contributed by atoms with Crippen LogP contribution in [0.4, 0.5) is 0 Å². The Morgan fingerprint density at radius 3 is 2.35 bits per heavy atom. The Balaban J connectivity index is 2.34. The zero-order valence-electron chi connectivity index (χ0n) is 13.0. The Labute approximate surface area is 122 Å². The fourth-order valence-corrected chi connectivity index (χ4v) is 2.62. The minimum Gasteiger partial charge on any atom is -0.354 e. The quantitative estimate of drug-likeness (QED) is 0.763. The van der Waals surface area contributed by atoms with E-state index in [2.05, 4.69) is 5.32 Å². The number of likely N-dealkylation sites (N-methyl/N-ethyl adjacent to an activating group) is 1. The summed E-state index contributed by atoms with van der Waals surface area (Å²) in [5.74, 6) is 1.08. The second-order valence-corrected chi connectivity index (χ2v) is 6.35. The molecule has 0 saturated heterocycles. The first kappa shape index (κ1) is 17.0. The van der Waals surface area contributed by atoms with Crippen molar-refractivity contribution in [1.82, 2.24) is 10.2 Å². The van der Waals surface area contributed by atoms with E-state index < -0.39 is 0 Å². The van der Waals surface area contributed by atoms with Gasteiger partial charge in [0.1, 0.15) is 0 Å². The predicted molar refractivity (Wildman–Crippen MR) is 80.0 cm³/mol. The Hall–Kier alpha value is -1.10. The summed E-state index contributed by atoms with van der Waals surface area (Å²) in [5.41, 5.74) is 5.66. The molecule has 2 amide bonds. The summed E-state index contributed by atoms with van der Waals surface area (Å²) in [7, 11) is 1.71. The number of carbonyl (C=O) groups excluding carboxylic acids is 2. The molecule has 0 aromatic rings. The van der Waals surface area contributed by atoms with Gasteiger partial charge in [0.2, 0.25) is 11.8 Å². The Morgan fingerprint density at radius 2 is 1.85 bits per heavy atom. The van der Waals surface area contributed by atoms with Crippen molar-refractivity contribution in [3.63, 3.8) is 0 Å². The van der Waals surface area contributed by atoms with Crippen LogP contribution in [0.25, 0.3) is 0 Å². The smallest absolute Gasteiger partial charge is 0.239 e. The third-order valence-electron chi connectivity index (χ3n) is 3.99. The second kappa shape index (κ2) is 8.25. The highest BCUT2D eigenvalue weighted by Gasteiger charge is 2.28. The normalized spacial score (nSPS) is 22.6. The molecule has 0 unspecified atom stereocenters. The second-order valence-electron chi connectivity index (χ2n) is 6.35. The molecule has 0 aromatic carbocycles. The molecule has 5 heteroatoms. The van der Waals surface area contributed by atoms with E-state index in [4.69, 9.17) is 5.73 Å². The number of carbonyl (C=O) groups is 2. The van der Waals surface area contributed by atoms with E-state index in [9.17, 15) is 9.59 Å². The molecule has 5 nitrogen and oxygen atoms in total. The number of hydrogen-bond donors (Lipinski definition) is 2. The SMILES string of the molecule is CC(C)CNC(=O)CN(C)C(=O)C1CCC(CN)CC1. The zero-order valence-corrected chi connectivity index (χ0v) is 13.0.